The fourth-order valence-corrected chi connectivity index (χ4v) is 20.1. The van der Waals surface area contributed by atoms with Crippen LogP contribution in [-0.2, 0) is 78.3 Å². The summed E-state index contributed by atoms with van der Waals surface area (Å²) in [5.74, 6) is 0. The molecule has 4 nitrogen and oxygen atoms in total. The Labute approximate surface area is 802 Å². The Morgan fingerprint density at radius 1 is 0.460 bits per heavy atom. The van der Waals surface area contributed by atoms with Gasteiger partial charge in [0.15, 0.2) is 0 Å². The molecule has 23 rings (SSSR count). The molecule has 1 aliphatic rings. The molecule has 8 aromatic heterocycles. The molecule has 124 heavy (non-hydrogen) atoms. The second-order valence-corrected chi connectivity index (χ2v) is 34.0. The number of halogens is 3. The molecule has 0 saturated heterocycles. The van der Waals surface area contributed by atoms with Crippen LogP contribution in [0.1, 0.15) is 133 Å². The van der Waals surface area contributed by atoms with E-state index in [2.05, 4.69) is 370 Å². The minimum atomic E-state index is 0. The topological polar surface area (TPSA) is 17.6 Å². The third kappa shape index (κ3) is 15.1. The van der Waals surface area contributed by atoms with Gasteiger partial charge in [0.25, 0.3) is 0 Å². The zero-order chi connectivity index (χ0) is 86.1. The van der Waals surface area contributed by atoms with Crippen LogP contribution < -0.4 is 0 Å². The smallest absolute Gasteiger partial charge is 0.358 e. The first-order chi connectivity index (χ1) is 59.2. The molecule has 0 spiro atoms. The summed E-state index contributed by atoms with van der Waals surface area (Å²) in [6.07, 6.45) is 14.1. The molecule has 0 atom stereocenters. The van der Waals surface area contributed by atoms with Crippen LogP contribution >= 0.6 is 39.1 Å². The summed E-state index contributed by atoms with van der Waals surface area (Å²) in [5.41, 5.74) is 39.7. The Hall–Kier alpha value is -9.69. The van der Waals surface area contributed by atoms with Crippen molar-refractivity contribution in [1.29, 1.82) is 1.34 Å². The van der Waals surface area contributed by atoms with Gasteiger partial charge in [0.05, 0.1) is 49.7 Å². The Morgan fingerprint density at radius 2 is 0.855 bits per heavy atom. The van der Waals surface area contributed by atoms with Crippen LogP contribution in [0.3, 0.4) is 0 Å². The maximum absolute atomic E-state index is 6.43. The molecule has 22 aromatic rings. The van der Waals surface area contributed by atoms with Crippen molar-refractivity contribution in [3.05, 3.63) is 384 Å². The van der Waals surface area contributed by atoms with Crippen molar-refractivity contribution >= 4 is 212 Å². The molecule has 609 valence electrons. The van der Waals surface area contributed by atoms with E-state index in [1.54, 1.807) is 18.2 Å². The van der Waals surface area contributed by atoms with E-state index in [0.717, 1.165) is 33.5 Å². The number of aryl methyl sites for hydroxylation is 5. The first kappa shape index (κ1) is 90.6. The second kappa shape index (κ2) is 37.5. The quantitative estimate of drug-likeness (QED) is 0.0707. The fourth-order valence-electron chi connectivity index (χ4n) is 19.3. The van der Waals surface area contributed by atoms with Crippen LogP contribution in [-0.4, -0.2) is 27.3 Å². The van der Waals surface area contributed by atoms with Gasteiger partial charge in [0.2, 0.25) is 0 Å². The molecular formula is C114H102BBrCl2N4Y2-. The van der Waals surface area contributed by atoms with E-state index < -0.39 is 0 Å². The van der Waals surface area contributed by atoms with Crippen LogP contribution in [0, 0.1) is 87.9 Å². The van der Waals surface area contributed by atoms with Gasteiger partial charge in [-0.25, -0.2) is 5.57 Å². The Morgan fingerprint density at radius 3 is 1.30 bits per heavy atom. The number of nitrogens with zero attached hydrogens (tertiary/aromatic N) is 4. The first-order valence-corrected chi connectivity index (χ1v) is 43.5. The molecule has 0 saturated carbocycles. The molecule has 0 N–H and O–H groups in total. The van der Waals surface area contributed by atoms with Gasteiger partial charge < -0.3 is 25.0 Å². The van der Waals surface area contributed by atoms with Crippen molar-refractivity contribution in [3.8, 4) is 0 Å². The van der Waals surface area contributed by atoms with E-state index in [1.165, 1.54) is 241 Å². The molecule has 0 amide bonds. The molecule has 8 heterocycles. The number of hydrogen-bond donors (Lipinski definition) is 0. The predicted octanol–water partition coefficient (Wildman–Crippen LogP) is 33.2. The molecule has 0 bridgehead atoms. The number of aromatic nitrogens is 4. The fraction of sp³-hybridized carbons (Fsp3) is 0.167. The summed E-state index contributed by atoms with van der Waals surface area (Å²) in [4.78, 5) is 0. The van der Waals surface area contributed by atoms with Gasteiger partial charge in [0, 0.05) is 126 Å². The zero-order valence-electron chi connectivity index (χ0n) is 75.4. The molecule has 0 unspecified atom stereocenters. The average Bonchev–Trinajstić information content (AvgIpc) is 1.46. The van der Waals surface area contributed by atoms with E-state index in [9.17, 15) is 0 Å². The summed E-state index contributed by atoms with van der Waals surface area (Å²) in [7, 11) is 3.75. The third-order valence-electron chi connectivity index (χ3n) is 25.6. The normalized spacial score (nSPS) is 12.2. The van der Waals surface area contributed by atoms with Crippen molar-refractivity contribution in [2.75, 3.05) is 0 Å². The molecule has 1 aliphatic carbocycles. The van der Waals surface area contributed by atoms with Crippen molar-refractivity contribution in [2.45, 2.75) is 131 Å². The Kier molecular flexibility index (Phi) is 27.4. The van der Waals surface area contributed by atoms with Crippen molar-refractivity contribution < 1.29 is 65.4 Å². The van der Waals surface area contributed by atoms with Gasteiger partial charge in [0.1, 0.15) is 0 Å². The summed E-state index contributed by atoms with van der Waals surface area (Å²) in [6, 6.07) is 86.1. The predicted molar refractivity (Wildman–Crippen MR) is 542 cm³/mol. The van der Waals surface area contributed by atoms with Crippen LogP contribution in [0.15, 0.2) is 270 Å². The van der Waals surface area contributed by atoms with Crippen molar-refractivity contribution in [3.63, 3.8) is 0 Å². The van der Waals surface area contributed by atoms with Crippen LogP contribution in [0.5, 0.6) is 0 Å². The molecular weight excluding hydrogens is 1760 g/mol. The SMILES string of the molecule is Brc1cc2c3ccccc3n3c4ccccc4c(c1)c23.C=CC.CC.CC1=Cc2c(cc3c4ccccc4n4c5ccccc5c2c34)C1.C\C=C(C)/C(=[C-]/C(C)=C/C)c1[c-]c2c3c(C)c(C)c(C)c(C)c3n3c4c(C)c(C)c(C)c(C)c4c(c1C)c23.Clc1[c-]cccc1.Clc1ccccc1Cc1cc2c3ccccc3n3c4ccccc4c(c1)c23.[1H][B].[CH3-].[Y+3].[Y]. The van der Waals surface area contributed by atoms with Crippen molar-refractivity contribution in [1.82, 2.24) is 17.6 Å². The van der Waals surface area contributed by atoms with Gasteiger partial charge >= 0.3 is 32.7 Å². The average molecular weight is 1870 g/mol. The monoisotopic (exact) mass is 1860 g/mol. The molecule has 14 aromatic carbocycles. The maximum atomic E-state index is 6.43. The molecule has 0 aliphatic heterocycles. The minimum Gasteiger partial charge on any atom is -0.358 e. The molecule has 3 radical (unpaired) electrons. The van der Waals surface area contributed by atoms with Gasteiger partial charge in [-0.3, -0.25) is 0 Å². The van der Waals surface area contributed by atoms with E-state index in [-0.39, 0.29) is 72.8 Å². The van der Waals surface area contributed by atoms with E-state index in [1.807, 2.05) is 45.0 Å². The van der Waals surface area contributed by atoms with Gasteiger partial charge in [-0.2, -0.15) is 59.7 Å². The van der Waals surface area contributed by atoms with Crippen LogP contribution in [0.2, 0.25) is 10.0 Å². The van der Waals surface area contributed by atoms with E-state index in [4.69, 9.17) is 24.5 Å². The molecule has 0 fully saturated rings. The van der Waals surface area contributed by atoms with E-state index >= 15 is 0 Å². The van der Waals surface area contributed by atoms with Gasteiger partial charge in [-0.05, 0) is 223 Å². The maximum Gasteiger partial charge on any atom is 3.00 e. The van der Waals surface area contributed by atoms with Gasteiger partial charge in [-0.15, -0.1) is 35.4 Å². The summed E-state index contributed by atoms with van der Waals surface area (Å²) in [5, 5.41) is 23.0. The van der Waals surface area contributed by atoms with Gasteiger partial charge in [-0.1, -0.05) is 253 Å². The van der Waals surface area contributed by atoms with Crippen LogP contribution in [0.25, 0.3) is 164 Å². The van der Waals surface area contributed by atoms with Crippen molar-refractivity contribution in [2.24, 2.45) is 0 Å². The number of fused-ring (bicyclic) bond motifs is 26. The molecule has 10 heteroatoms. The largest absolute Gasteiger partial charge is 3.00 e. The van der Waals surface area contributed by atoms with E-state index in [0.29, 0.717) is 5.02 Å². The number of allylic oxidation sites excluding steroid dienone is 8. The Balaban J connectivity index is 0.000000137. The first-order valence-electron chi connectivity index (χ1n) is 42.5. The Bertz CT molecular complexity index is 7820. The number of hydrogen-bond acceptors (Lipinski definition) is 0. The number of para-hydroxylation sites is 6. The van der Waals surface area contributed by atoms with Crippen LogP contribution in [0.4, 0.5) is 0 Å². The summed E-state index contributed by atoms with van der Waals surface area (Å²) < 4.78 is 16.2. The summed E-state index contributed by atoms with van der Waals surface area (Å²) >= 11 is 15.6. The number of rotatable bonds is 5. The second-order valence-electron chi connectivity index (χ2n) is 32.2. The standard InChI is InChI=1S/C37H41N.C25H16ClN.C22H15N.C18H10BrN.C6H4Cl.C3H6.C2H6.CH3.BH.2Y/c1-14-18(3)16-29(19(4)15-2)30-17-31-32-24(9)20(5)22(7)26(11)35(32)38-36-27(12)23(8)21(6)25(10)33(36)34(28(30)13)37(31)38;26-22-10-4-1-7-17(22)13-16-14-20-18-8-2-5-11-23(18)27-24-12-6-3-9-19(24)21(15-16)25(20)27;1-13-10-14-12-18-15-6-2-4-8-19(15)23-20-9-5-3-7-16(20)21(22(18)23)17(14)11-13;19-11-9-14-12-5-1-3-7-16(12)20-17-8-4-2-6-13(17)15(10-11)18(14)20;7-6-4-2-1-3-5-6;1-3-2;1-2;;;;/h14-15H,1-13H3;1-12,14-15H,13H2;2-9,11-12H,10H2,1H3;1-10H;1-4H;3H,1H2,2H3;1-2H3;1H3;1H;;/q-2;;;;-1;;;-1;;;+3/b18-14+,19-15-;;;;;;;;;;/i;;;;;;;;1H;;. The zero-order valence-corrected chi connectivity index (χ0v) is 83.2. The number of benzene rings is 14. The third-order valence-corrected chi connectivity index (χ3v) is 26.7. The minimum absolute atomic E-state index is 0. The summed E-state index contributed by atoms with van der Waals surface area (Å²) in [6.45, 7) is 40.7.